The topological polar surface area (TPSA) is 46.8 Å². The number of hydrogen-bond donors (Lipinski definition) is 0. The van der Waals surface area contributed by atoms with Gasteiger partial charge in [0.05, 0.1) is 17.8 Å². The molecule has 1 aliphatic rings. The Labute approximate surface area is 164 Å². The number of halogens is 4. The van der Waals surface area contributed by atoms with Crippen molar-refractivity contribution in [3.8, 4) is 5.69 Å². The van der Waals surface area contributed by atoms with Crippen molar-refractivity contribution < 1.29 is 13.2 Å². The van der Waals surface area contributed by atoms with Crippen molar-refractivity contribution in [3.63, 3.8) is 0 Å². The zero-order valence-electron chi connectivity index (χ0n) is 14.8. The molecule has 0 atom stereocenters. The maximum absolute atomic E-state index is 12.8. The standard InChI is InChI=1S/C19H17ClF3N5/c20-15-5-1-13(2-6-15)11-27(16-9-10-16)12-18-24-25-26-28(18)17-7-3-14(4-8-17)19(21,22)23/h1-8,16H,9-12H2. The Kier molecular flexibility index (Phi) is 5.07. The summed E-state index contributed by atoms with van der Waals surface area (Å²) in [6.45, 7) is 1.23. The first-order valence-electron chi connectivity index (χ1n) is 8.83. The number of hydrogen-bond acceptors (Lipinski definition) is 4. The Balaban J connectivity index is 1.53. The highest BCUT2D eigenvalue weighted by Gasteiger charge is 2.31. The third-order valence-corrected chi connectivity index (χ3v) is 4.93. The Morgan fingerprint density at radius 3 is 2.29 bits per heavy atom. The van der Waals surface area contributed by atoms with Gasteiger partial charge in [0.25, 0.3) is 0 Å². The fourth-order valence-corrected chi connectivity index (χ4v) is 3.18. The van der Waals surface area contributed by atoms with Crippen LogP contribution in [0.15, 0.2) is 48.5 Å². The number of alkyl halides is 3. The van der Waals surface area contributed by atoms with E-state index in [0.29, 0.717) is 29.1 Å². The van der Waals surface area contributed by atoms with E-state index in [1.165, 1.54) is 16.8 Å². The minimum atomic E-state index is -4.37. The van der Waals surface area contributed by atoms with Crippen LogP contribution in [0.1, 0.15) is 29.8 Å². The lowest BCUT2D eigenvalue weighted by Gasteiger charge is -2.21. The number of rotatable bonds is 6. The van der Waals surface area contributed by atoms with Crippen molar-refractivity contribution in [1.29, 1.82) is 0 Å². The molecule has 0 N–H and O–H groups in total. The molecule has 2 aromatic carbocycles. The highest BCUT2D eigenvalue weighted by molar-refractivity contribution is 6.30. The van der Waals surface area contributed by atoms with Gasteiger partial charge in [-0.1, -0.05) is 23.7 Å². The van der Waals surface area contributed by atoms with Crippen molar-refractivity contribution in [2.24, 2.45) is 0 Å². The Hall–Kier alpha value is -2.45. The molecule has 0 spiro atoms. The van der Waals surface area contributed by atoms with Crippen molar-refractivity contribution in [2.45, 2.75) is 38.1 Å². The first kappa shape index (κ1) is 18.9. The zero-order valence-corrected chi connectivity index (χ0v) is 15.5. The molecule has 3 aromatic rings. The van der Waals surface area contributed by atoms with E-state index in [-0.39, 0.29) is 0 Å². The van der Waals surface area contributed by atoms with E-state index >= 15 is 0 Å². The minimum absolute atomic E-state index is 0.452. The predicted octanol–water partition coefficient (Wildman–Crippen LogP) is 4.50. The van der Waals surface area contributed by atoms with Crippen LogP contribution in [-0.4, -0.2) is 31.1 Å². The molecule has 4 rings (SSSR count). The van der Waals surface area contributed by atoms with Gasteiger partial charge < -0.3 is 0 Å². The average Bonchev–Trinajstić information content (AvgIpc) is 3.41. The van der Waals surface area contributed by atoms with E-state index in [1.807, 2.05) is 24.3 Å². The lowest BCUT2D eigenvalue weighted by Crippen LogP contribution is -2.26. The molecule has 0 bridgehead atoms. The molecular weight excluding hydrogens is 391 g/mol. The highest BCUT2D eigenvalue weighted by Crippen LogP contribution is 2.31. The maximum Gasteiger partial charge on any atom is 0.416 e. The normalized spacial score (nSPS) is 14.6. The third kappa shape index (κ3) is 4.34. The fraction of sp³-hybridized carbons (Fsp3) is 0.316. The molecule has 1 saturated carbocycles. The highest BCUT2D eigenvalue weighted by atomic mass is 35.5. The monoisotopic (exact) mass is 407 g/mol. The molecule has 1 aliphatic carbocycles. The van der Waals surface area contributed by atoms with Gasteiger partial charge in [0, 0.05) is 17.6 Å². The second-order valence-electron chi connectivity index (χ2n) is 6.81. The summed E-state index contributed by atoms with van der Waals surface area (Å²) in [5, 5.41) is 12.5. The van der Waals surface area contributed by atoms with Crippen LogP contribution >= 0.6 is 11.6 Å². The number of nitrogens with zero attached hydrogens (tertiary/aromatic N) is 5. The van der Waals surface area contributed by atoms with E-state index in [0.717, 1.165) is 37.1 Å². The Morgan fingerprint density at radius 1 is 1.00 bits per heavy atom. The van der Waals surface area contributed by atoms with Crippen LogP contribution < -0.4 is 0 Å². The number of benzene rings is 2. The summed E-state index contributed by atoms with van der Waals surface area (Å²) in [6.07, 6.45) is -2.16. The minimum Gasteiger partial charge on any atom is -0.289 e. The van der Waals surface area contributed by atoms with Crippen molar-refractivity contribution >= 4 is 11.6 Å². The Bertz CT molecular complexity index is 933. The molecule has 5 nitrogen and oxygen atoms in total. The van der Waals surface area contributed by atoms with Gasteiger partial charge >= 0.3 is 6.18 Å². The summed E-state index contributed by atoms with van der Waals surface area (Å²) >= 11 is 5.95. The SMILES string of the molecule is FC(F)(F)c1ccc(-n2nnnc2CN(Cc2ccc(Cl)cc2)C2CC2)cc1. The van der Waals surface area contributed by atoms with Gasteiger partial charge in [-0.25, -0.2) is 0 Å². The molecule has 9 heteroatoms. The molecule has 28 heavy (non-hydrogen) atoms. The van der Waals surface area contributed by atoms with Gasteiger partial charge in [0.1, 0.15) is 0 Å². The second kappa shape index (κ2) is 7.52. The average molecular weight is 408 g/mol. The zero-order chi connectivity index (χ0) is 19.7. The molecule has 146 valence electrons. The van der Waals surface area contributed by atoms with E-state index in [9.17, 15) is 13.2 Å². The third-order valence-electron chi connectivity index (χ3n) is 4.68. The molecule has 0 aliphatic heterocycles. The van der Waals surface area contributed by atoms with E-state index < -0.39 is 11.7 Å². The van der Waals surface area contributed by atoms with E-state index in [4.69, 9.17) is 11.6 Å². The Morgan fingerprint density at radius 2 is 1.68 bits per heavy atom. The van der Waals surface area contributed by atoms with Crippen molar-refractivity contribution in [3.05, 3.63) is 70.5 Å². The van der Waals surface area contributed by atoms with Gasteiger partial charge in [0.2, 0.25) is 0 Å². The largest absolute Gasteiger partial charge is 0.416 e. The predicted molar refractivity (Wildman–Crippen MR) is 97.9 cm³/mol. The molecule has 0 amide bonds. The first-order chi connectivity index (χ1) is 13.4. The molecule has 0 unspecified atom stereocenters. The summed E-state index contributed by atoms with van der Waals surface area (Å²) in [7, 11) is 0. The van der Waals surface area contributed by atoms with Crippen LogP contribution in [0.25, 0.3) is 5.69 Å². The van der Waals surface area contributed by atoms with Gasteiger partial charge in [0.15, 0.2) is 5.82 Å². The summed E-state index contributed by atoms with van der Waals surface area (Å²) in [6, 6.07) is 13.0. The van der Waals surface area contributed by atoms with Crippen molar-refractivity contribution in [1.82, 2.24) is 25.1 Å². The van der Waals surface area contributed by atoms with Crippen LogP contribution in [-0.2, 0) is 19.3 Å². The summed E-state index contributed by atoms with van der Waals surface area (Å²) in [5.74, 6) is 0.584. The maximum atomic E-state index is 12.8. The quantitative estimate of drug-likeness (QED) is 0.603. The molecule has 0 saturated heterocycles. The van der Waals surface area contributed by atoms with E-state index in [1.54, 1.807) is 0 Å². The van der Waals surface area contributed by atoms with Gasteiger partial charge in [-0.3, -0.25) is 4.90 Å². The van der Waals surface area contributed by atoms with Crippen LogP contribution in [0.3, 0.4) is 0 Å². The molecule has 1 aromatic heterocycles. The molecule has 0 radical (unpaired) electrons. The van der Waals surface area contributed by atoms with Gasteiger partial charge in [-0.05, 0) is 65.2 Å². The second-order valence-corrected chi connectivity index (χ2v) is 7.25. The van der Waals surface area contributed by atoms with Crippen molar-refractivity contribution in [2.75, 3.05) is 0 Å². The lowest BCUT2D eigenvalue weighted by atomic mass is 10.2. The number of aromatic nitrogens is 4. The van der Waals surface area contributed by atoms with Gasteiger partial charge in [-0.2, -0.15) is 17.9 Å². The van der Waals surface area contributed by atoms with Crippen LogP contribution in [0.2, 0.25) is 5.02 Å². The smallest absolute Gasteiger partial charge is 0.289 e. The fourth-order valence-electron chi connectivity index (χ4n) is 3.06. The molecular formula is C19H17ClF3N5. The summed E-state index contributed by atoms with van der Waals surface area (Å²) in [4.78, 5) is 2.27. The molecule has 1 fully saturated rings. The van der Waals surface area contributed by atoms with E-state index in [2.05, 4.69) is 20.4 Å². The lowest BCUT2D eigenvalue weighted by molar-refractivity contribution is -0.137. The van der Waals surface area contributed by atoms with Crippen LogP contribution in [0.4, 0.5) is 13.2 Å². The first-order valence-corrected chi connectivity index (χ1v) is 9.21. The molecule has 1 heterocycles. The summed E-state index contributed by atoms with van der Waals surface area (Å²) < 4.78 is 39.8. The van der Waals surface area contributed by atoms with Crippen LogP contribution in [0.5, 0.6) is 0 Å². The van der Waals surface area contributed by atoms with Gasteiger partial charge in [-0.15, -0.1) is 5.10 Å². The van der Waals surface area contributed by atoms with Crippen LogP contribution in [0, 0.1) is 0 Å². The summed E-state index contributed by atoms with van der Waals surface area (Å²) in [5.41, 5.74) is 0.924. The number of tetrazole rings is 1.